The molecule has 2 fully saturated rings. The summed E-state index contributed by atoms with van der Waals surface area (Å²) >= 11 is 0. The zero-order valence-electron chi connectivity index (χ0n) is 14.3. The van der Waals surface area contributed by atoms with Crippen LogP contribution in [0.25, 0.3) is 5.69 Å². The highest BCUT2D eigenvalue weighted by molar-refractivity contribution is 5.90. The van der Waals surface area contributed by atoms with Crippen LogP contribution in [0.3, 0.4) is 0 Å². The zero-order chi connectivity index (χ0) is 17.4. The van der Waals surface area contributed by atoms with Crippen LogP contribution in [0.1, 0.15) is 42.1 Å². The van der Waals surface area contributed by atoms with Gasteiger partial charge in [-0.2, -0.15) is 0 Å². The van der Waals surface area contributed by atoms with E-state index in [9.17, 15) is 9.18 Å². The summed E-state index contributed by atoms with van der Waals surface area (Å²) in [7, 11) is 0. The molecule has 0 saturated carbocycles. The number of hydrogen-bond donors (Lipinski definition) is 1. The van der Waals surface area contributed by atoms with Crippen molar-refractivity contribution in [3.8, 4) is 5.69 Å². The number of nitrogens with one attached hydrogen (secondary N) is 1. The summed E-state index contributed by atoms with van der Waals surface area (Å²) in [4.78, 5) is 19.4. The van der Waals surface area contributed by atoms with Gasteiger partial charge in [-0.1, -0.05) is 6.42 Å². The van der Waals surface area contributed by atoms with E-state index in [0.717, 1.165) is 25.9 Å². The minimum Gasteiger partial charge on any atom is -0.345 e. The lowest BCUT2D eigenvalue weighted by atomic mass is 9.99. The first kappa shape index (κ1) is 16.2. The van der Waals surface area contributed by atoms with Crippen LogP contribution >= 0.6 is 0 Å². The lowest BCUT2D eigenvalue weighted by Crippen LogP contribution is -2.47. The average molecular weight is 343 g/mol. The van der Waals surface area contributed by atoms with Gasteiger partial charge in [0.25, 0.3) is 5.91 Å². The number of rotatable bonds is 3. The molecule has 3 heterocycles. The molecular formula is C18H22FN5O. The van der Waals surface area contributed by atoms with E-state index in [1.165, 1.54) is 25.0 Å². The van der Waals surface area contributed by atoms with Crippen LogP contribution < -0.4 is 5.32 Å². The van der Waals surface area contributed by atoms with Crippen molar-refractivity contribution in [2.45, 2.75) is 44.7 Å². The maximum atomic E-state index is 13.1. The molecule has 4 rings (SSSR count). The number of benzene rings is 1. The minimum atomic E-state index is -0.308. The molecule has 0 radical (unpaired) electrons. The summed E-state index contributed by atoms with van der Waals surface area (Å²) in [5, 5.41) is 7.43. The molecule has 7 heteroatoms. The average Bonchev–Trinajstić information content (AvgIpc) is 3.20. The van der Waals surface area contributed by atoms with Crippen LogP contribution in [0.5, 0.6) is 0 Å². The highest BCUT2D eigenvalue weighted by atomic mass is 19.1. The molecule has 2 saturated heterocycles. The van der Waals surface area contributed by atoms with Gasteiger partial charge in [-0.05, 0) is 57.0 Å². The maximum absolute atomic E-state index is 13.1. The third-order valence-electron chi connectivity index (χ3n) is 5.22. The van der Waals surface area contributed by atoms with Gasteiger partial charge in [0, 0.05) is 18.6 Å². The quantitative estimate of drug-likeness (QED) is 0.927. The molecular weight excluding hydrogens is 321 g/mol. The van der Waals surface area contributed by atoms with E-state index in [1.54, 1.807) is 23.7 Å². The lowest BCUT2D eigenvalue weighted by Gasteiger charge is -2.32. The highest BCUT2D eigenvalue weighted by Crippen LogP contribution is 2.27. The number of hydrogen-bond acceptors (Lipinski definition) is 4. The molecule has 2 aromatic rings. The Kier molecular flexibility index (Phi) is 4.25. The van der Waals surface area contributed by atoms with E-state index in [0.29, 0.717) is 17.6 Å². The molecule has 0 aliphatic carbocycles. The standard InChI is InChI=1S/C18H22FN5O/c1-12-20-17(22-24(12)14-7-5-13(19)6-8-14)18(25)21-15-9-11-23-10-3-2-4-16(15)23/h5-8,15-16H,2-4,9-11H2,1H3,(H,21,25). The van der Waals surface area contributed by atoms with Crippen molar-refractivity contribution in [1.82, 2.24) is 25.0 Å². The van der Waals surface area contributed by atoms with Crippen LogP contribution in [0.4, 0.5) is 4.39 Å². The fourth-order valence-corrected chi connectivity index (χ4v) is 3.96. The van der Waals surface area contributed by atoms with Crippen molar-refractivity contribution in [1.29, 1.82) is 0 Å². The van der Waals surface area contributed by atoms with Gasteiger partial charge in [0.15, 0.2) is 0 Å². The molecule has 2 aliphatic heterocycles. The van der Waals surface area contributed by atoms with E-state index >= 15 is 0 Å². The minimum absolute atomic E-state index is 0.163. The summed E-state index contributed by atoms with van der Waals surface area (Å²) in [6, 6.07) is 6.59. The summed E-state index contributed by atoms with van der Waals surface area (Å²) in [5.41, 5.74) is 0.685. The summed E-state index contributed by atoms with van der Waals surface area (Å²) in [5.74, 6) is 0.220. The van der Waals surface area contributed by atoms with Crippen LogP contribution in [0.15, 0.2) is 24.3 Å². The second kappa shape index (κ2) is 6.55. The van der Waals surface area contributed by atoms with Gasteiger partial charge in [-0.3, -0.25) is 9.69 Å². The van der Waals surface area contributed by atoms with Gasteiger partial charge in [0.1, 0.15) is 11.6 Å². The van der Waals surface area contributed by atoms with Crippen molar-refractivity contribution < 1.29 is 9.18 Å². The Bertz CT molecular complexity index is 772. The summed E-state index contributed by atoms with van der Waals surface area (Å²) < 4.78 is 14.7. The van der Waals surface area contributed by atoms with Gasteiger partial charge in [-0.15, -0.1) is 5.10 Å². The van der Waals surface area contributed by atoms with E-state index in [4.69, 9.17) is 0 Å². The van der Waals surface area contributed by atoms with Crippen molar-refractivity contribution in [3.63, 3.8) is 0 Å². The van der Waals surface area contributed by atoms with E-state index in [-0.39, 0.29) is 23.6 Å². The summed E-state index contributed by atoms with van der Waals surface area (Å²) in [6.07, 6.45) is 4.60. The molecule has 1 aromatic heterocycles. The third kappa shape index (κ3) is 3.16. The number of fused-ring (bicyclic) bond motifs is 1. The largest absolute Gasteiger partial charge is 0.345 e. The van der Waals surface area contributed by atoms with Gasteiger partial charge < -0.3 is 5.32 Å². The molecule has 2 unspecified atom stereocenters. The number of halogens is 1. The maximum Gasteiger partial charge on any atom is 0.291 e. The molecule has 1 N–H and O–H groups in total. The number of amides is 1. The fourth-order valence-electron chi connectivity index (χ4n) is 3.96. The number of aryl methyl sites for hydroxylation is 1. The number of carbonyl (C=O) groups is 1. The highest BCUT2D eigenvalue weighted by Gasteiger charge is 2.36. The Morgan fingerprint density at radius 2 is 2.00 bits per heavy atom. The van der Waals surface area contributed by atoms with Crippen molar-refractivity contribution in [3.05, 3.63) is 41.7 Å². The molecule has 0 spiro atoms. The number of carbonyl (C=O) groups excluding carboxylic acids is 1. The topological polar surface area (TPSA) is 63.1 Å². The van der Waals surface area contributed by atoms with Crippen LogP contribution in [-0.2, 0) is 0 Å². The predicted molar refractivity (Wildman–Crippen MR) is 91.1 cm³/mol. The lowest BCUT2D eigenvalue weighted by molar-refractivity contribution is 0.0905. The monoisotopic (exact) mass is 343 g/mol. The molecule has 1 aromatic carbocycles. The Morgan fingerprint density at radius 3 is 2.80 bits per heavy atom. The second-order valence-electron chi connectivity index (χ2n) is 6.84. The first-order valence-corrected chi connectivity index (χ1v) is 8.86. The smallest absolute Gasteiger partial charge is 0.291 e. The zero-order valence-corrected chi connectivity index (χ0v) is 14.3. The first-order chi connectivity index (χ1) is 12.1. The Balaban J connectivity index is 1.49. The second-order valence-corrected chi connectivity index (χ2v) is 6.84. The SMILES string of the molecule is Cc1nc(C(=O)NC2CCN3CCCCC23)nn1-c1ccc(F)cc1. The number of piperidine rings is 1. The summed E-state index contributed by atoms with van der Waals surface area (Å²) in [6.45, 7) is 3.96. The number of aromatic nitrogens is 3. The predicted octanol–water partition coefficient (Wildman–Crippen LogP) is 2.07. The van der Waals surface area contributed by atoms with Crippen molar-refractivity contribution in [2.24, 2.45) is 0 Å². The molecule has 6 nitrogen and oxygen atoms in total. The molecule has 132 valence electrons. The Labute approximate surface area is 146 Å². The van der Waals surface area contributed by atoms with Gasteiger partial charge in [-0.25, -0.2) is 14.1 Å². The van der Waals surface area contributed by atoms with E-state index in [2.05, 4.69) is 20.3 Å². The Hall–Kier alpha value is -2.28. The first-order valence-electron chi connectivity index (χ1n) is 8.86. The number of nitrogens with zero attached hydrogens (tertiary/aromatic N) is 4. The molecule has 0 bridgehead atoms. The van der Waals surface area contributed by atoms with E-state index in [1.807, 2.05) is 0 Å². The Morgan fingerprint density at radius 1 is 1.20 bits per heavy atom. The van der Waals surface area contributed by atoms with Crippen molar-refractivity contribution in [2.75, 3.05) is 13.1 Å². The van der Waals surface area contributed by atoms with Gasteiger partial charge in [0.2, 0.25) is 5.82 Å². The van der Waals surface area contributed by atoms with Gasteiger partial charge in [0.05, 0.1) is 5.69 Å². The van der Waals surface area contributed by atoms with Crippen molar-refractivity contribution >= 4 is 5.91 Å². The van der Waals surface area contributed by atoms with Gasteiger partial charge >= 0.3 is 0 Å². The normalized spacial score (nSPS) is 23.4. The fraction of sp³-hybridized carbons (Fsp3) is 0.500. The molecule has 1 amide bonds. The molecule has 25 heavy (non-hydrogen) atoms. The molecule has 2 aliphatic rings. The van der Waals surface area contributed by atoms with E-state index < -0.39 is 0 Å². The third-order valence-corrected chi connectivity index (χ3v) is 5.22. The molecule has 2 atom stereocenters. The van der Waals surface area contributed by atoms with Crippen LogP contribution in [0.2, 0.25) is 0 Å². The van der Waals surface area contributed by atoms with Crippen LogP contribution in [0, 0.1) is 12.7 Å². The van der Waals surface area contributed by atoms with Crippen LogP contribution in [-0.4, -0.2) is 50.7 Å².